The van der Waals surface area contributed by atoms with Crippen molar-refractivity contribution in [2.75, 3.05) is 6.54 Å². The third-order valence-corrected chi connectivity index (χ3v) is 3.61. The Morgan fingerprint density at radius 2 is 2.31 bits per heavy atom. The Morgan fingerprint density at radius 1 is 1.46 bits per heavy atom. The second-order valence-corrected chi connectivity index (χ2v) is 4.91. The maximum absolute atomic E-state index is 5.96. The SMILES string of the molecule is Clc1ccc(I)c(C2CCCN2)c1. The molecule has 1 aliphatic heterocycles. The number of hydrogen-bond acceptors (Lipinski definition) is 1. The van der Waals surface area contributed by atoms with Gasteiger partial charge in [-0.1, -0.05) is 11.6 Å². The number of hydrogen-bond donors (Lipinski definition) is 1. The van der Waals surface area contributed by atoms with Gasteiger partial charge < -0.3 is 5.32 Å². The molecule has 13 heavy (non-hydrogen) atoms. The van der Waals surface area contributed by atoms with Crippen LogP contribution in [0.5, 0.6) is 0 Å². The van der Waals surface area contributed by atoms with Gasteiger partial charge in [-0.15, -0.1) is 0 Å². The second kappa shape index (κ2) is 4.15. The van der Waals surface area contributed by atoms with E-state index in [-0.39, 0.29) is 0 Å². The van der Waals surface area contributed by atoms with Gasteiger partial charge in [-0.2, -0.15) is 0 Å². The number of rotatable bonds is 1. The Kier molecular flexibility index (Phi) is 3.11. The summed E-state index contributed by atoms with van der Waals surface area (Å²) in [6, 6.07) is 6.62. The quantitative estimate of drug-likeness (QED) is 0.785. The fraction of sp³-hybridized carbons (Fsp3) is 0.400. The van der Waals surface area contributed by atoms with E-state index in [2.05, 4.69) is 40.0 Å². The fourth-order valence-corrected chi connectivity index (χ4v) is 2.62. The van der Waals surface area contributed by atoms with Crippen LogP contribution in [0.1, 0.15) is 24.4 Å². The highest BCUT2D eigenvalue weighted by atomic mass is 127. The molecule has 1 unspecified atom stereocenters. The Hall–Kier alpha value is 0.200. The van der Waals surface area contributed by atoms with E-state index in [0.29, 0.717) is 6.04 Å². The average Bonchev–Trinajstić information content (AvgIpc) is 2.61. The monoisotopic (exact) mass is 307 g/mol. The second-order valence-electron chi connectivity index (χ2n) is 3.31. The standard InChI is InChI=1S/C10H11ClIN/c11-7-3-4-9(12)8(6-7)10-2-1-5-13-10/h3-4,6,10,13H,1-2,5H2. The number of nitrogens with one attached hydrogen (secondary N) is 1. The molecule has 0 aliphatic carbocycles. The molecule has 2 rings (SSSR count). The number of benzene rings is 1. The molecule has 1 aromatic carbocycles. The lowest BCUT2D eigenvalue weighted by molar-refractivity contribution is 0.644. The lowest BCUT2D eigenvalue weighted by Crippen LogP contribution is -2.13. The van der Waals surface area contributed by atoms with E-state index in [4.69, 9.17) is 11.6 Å². The molecule has 70 valence electrons. The molecule has 0 bridgehead atoms. The van der Waals surface area contributed by atoms with Crippen LogP contribution in [0.25, 0.3) is 0 Å². The third-order valence-electron chi connectivity index (χ3n) is 2.39. The van der Waals surface area contributed by atoms with Crippen molar-refractivity contribution in [1.29, 1.82) is 0 Å². The van der Waals surface area contributed by atoms with Gasteiger partial charge in [0.15, 0.2) is 0 Å². The van der Waals surface area contributed by atoms with Crippen molar-refractivity contribution in [2.45, 2.75) is 18.9 Å². The van der Waals surface area contributed by atoms with Gasteiger partial charge in [-0.3, -0.25) is 0 Å². The van der Waals surface area contributed by atoms with Crippen molar-refractivity contribution >= 4 is 34.2 Å². The Morgan fingerprint density at radius 3 is 3.00 bits per heavy atom. The van der Waals surface area contributed by atoms with Crippen LogP contribution in [0.2, 0.25) is 5.02 Å². The topological polar surface area (TPSA) is 12.0 Å². The van der Waals surface area contributed by atoms with Gasteiger partial charge in [0.1, 0.15) is 0 Å². The van der Waals surface area contributed by atoms with Gasteiger partial charge in [0, 0.05) is 14.6 Å². The van der Waals surface area contributed by atoms with Gasteiger partial charge in [-0.25, -0.2) is 0 Å². The molecular weight excluding hydrogens is 296 g/mol. The van der Waals surface area contributed by atoms with Crippen LogP contribution < -0.4 is 5.32 Å². The maximum atomic E-state index is 5.96. The van der Waals surface area contributed by atoms with Gasteiger partial charge in [0.25, 0.3) is 0 Å². The third kappa shape index (κ3) is 2.17. The fourth-order valence-electron chi connectivity index (χ4n) is 1.73. The largest absolute Gasteiger partial charge is 0.310 e. The predicted octanol–water partition coefficient (Wildman–Crippen LogP) is 3.37. The molecule has 0 aromatic heterocycles. The van der Waals surface area contributed by atoms with Crippen LogP contribution in [0.4, 0.5) is 0 Å². The maximum Gasteiger partial charge on any atom is 0.0410 e. The zero-order chi connectivity index (χ0) is 9.26. The van der Waals surface area contributed by atoms with Crippen molar-refractivity contribution in [2.24, 2.45) is 0 Å². The van der Waals surface area contributed by atoms with E-state index >= 15 is 0 Å². The lowest BCUT2D eigenvalue weighted by atomic mass is 10.1. The molecule has 1 nitrogen and oxygen atoms in total. The smallest absolute Gasteiger partial charge is 0.0410 e. The minimum atomic E-state index is 0.519. The molecule has 1 N–H and O–H groups in total. The van der Waals surface area contributed by atoms with Crippen LogP contribution in [-0.4, -0.2) is 6.54 Å². The highest BCUT2D eigenvalue weighted by Gasteiger charge is 2.18. The minimum absolute atomic E-state index is 0.519. The highest BCUT2D eigenvalue weighted by Crippen LogP contribution is 2.29. The van der Waals surface area contributed by atoms with E-state index in [9.17, 15) is 0 Å². The van der Waals surface area contributed by atoms with E-state index in [0.717, 1.165) is 11.6 Å². The van der Waals surface area contributed by atoms with Crippen LogP contribution in [0, 0.1) is 3.57 Å². The lowest BCUT2D eigenvalue weighted by Gasteiger charge is -2.12. The van der Waals surface area contributed by atoms with Crippen molar-refractivity contribution in [3.05, 3.63) is 32.4 Å². The van der Waals surface area contributed by atoms with E-state index < -0.39 is 0 Å². The summed E-state index contributed by atoms with van der Waals surface area (Å²) in [5.74, 6) is 0. The molecule has 0 amide bonds. The summed E-state index contributed by atoms with van der Waals surface area (Å²) in [7, 11) is 0. The van der Waals surface area contributed by atoms with Crippen LogP contribution >= 0.6 is 34.2 Å². The van der Waals surface area contributed by atoms with E-state index in [1.807, 2.05) is 6.07 Å². The highest BCUT2D eigenvalue weighted by molar-refractivity contribution is 14.1. The first-order valence-electron chi connectivity index (χ1n) is 4.46. The normalized spacial score (nSPS) is 22.2. The molecule has 1 fully saturated rings. The van der Waals surface area contributed by atoms with Gasteiger partial charge in [-0.05, 0) is 65.7 Å². The summed E-state index contributed by atoms with van der Waals surface area (Å²) in [6.07, 6.45) is 2.50. The van der Waals surface area contributed by atoms with Gasteiger partial charge in [0.05, 0.1) is 0 Å². The summed E-state index contributed by atoms with van der Waals surface area (Å²) in [5, 5.41) is 4.31. The van der Waals surface area contributed by atoms with E-state index in [1.165, 1.54) is 22.0 Å². The molecule has 3 heteroatoms. The zero-order valence-electron chi connectivity index (χ0n) is 7.19. The van der Waals surface area contributed by atoms with E-state index in [1.54, 1.807) is 0 Å². The summed E-state index contributed by atoms with van der Waals surface area (Å²) >= 11 is 8.33. The zero-order valence-corrected chi connectivity index (χ0v) is 10.1. The first kappa shape index (κ1) is 9.74. The molecule has 1 saturated heterocycles. The van der Waals surface area contributed by atoms with Gasteiger partial charge in [0.2, 0.25) is 0 Å². The molecule has 0 saturated carbocycles. The molecule has 1 heterocycles. The first-order valence-corrected chi connectivity index (χ1v) is 5.91. The van der Waals surface area contributed by atoms with Crippen molar-refractivity contribution in [3.8, 4) is 0 Å². The minimum Gasteiger partial charge on any atom is -0.310 e. The summed E-state index contributed by atoms with van der Waals surface area (Å²) in [6.45, 7) is 1.13. The summed E-state index contributed by atoms with van der Waals surface area (Å²) in [4.78, 5) is 0. The Bertz CT molecular complexity index is 308. The Balaban J connectivity index is 2.32. The molecule has 1 atom stereocenters. The molecular formula is C10H11ClIN. The van der Waals surface area contributed by atoms with Crippen molar-refractivity contribution in [1.82, 2.24) is 5.32 Å². The first-order chi connectivity index (χ1) is 6.27. The summed E-state index contributed by atoms with van der Waals surface area (Å²) < 4.78 is 1.31. The molecule has 0 spiro atoms. The van der Waals surface area contributed by atoms with Crippen LogP contribution in [0.3, 0.4) is 0 Å². The Labute approximate surface area is 97.0 Å². The number of halogens is 2. The van der Waals surface area contributed by atoms with Crippen LogP contribution in [-0.2, 0) is 0 Å². The summed E-state index contributed by atoms with van der Waals surface area (Å²) in [5.41, 5.74) is 1.35. The van der Waals surface area contributed by atoms with Crippen molar-refractivity contribution in [3.63, 3.8) is 0 Å². The average molecular weight is 308 g/mol. The van der Waals surface area contributed by atoms with Crippen LogP contribution in [0.15, 0.2) is 18.2 Å². The van der Waals surface area contributed by atoms with Crippen molar-refractivity contribution < 1.29 is 0 Å². The predicted molar refractivity (Wildman–Crippen MR) is 64.1 cm³/mol. The molecule has 1 aromatic rings. The molecule has 0 radical (unpaired) electrons. The van der Waals surface area contributed by atoms with Gasteiger partial charge >= 0.3 is 0 Å². The molecule has 1 aliphatic rings.